The third-order valence-electron chi connectivity index (χ3n) is 2.46. The Hall–Kier alpha value is -1.31. The predicted octanol–water partition coefficient (Wildman–Crippen LogP) is 2.46. The van der Waals surface area contributed by atoms with Crippen LogP contribution in [0.3, 0.4) is 0 Å². The number of alkyl halides is 3. The number of halogens is 3. The number of aromatic nitrogens is 1. The Morgan fingerprint density at radius 1 is 1.35 bits per heavy atom. The zero-order valence-corrected chi connectivity index (χ0v) is 9.44. The molecule has 0 bridgehead atoms. The molecular formula is C9H9F3N2O2S. The van der Waals surface area contributed by atoms with Crippen LogP contribution in [0.15, 0.2) is 0 Å². The largest absolute Gasteiger partial charge is 0.477 e. The molecule has 1 N–H and O–H groups in total. The molecule has 1 fully saturated rings. The van der Waals surface area contributed by atoms with Gasteiger partial charge in [-0.05, 0) is 12.8 Å². The molecule has 0 atom stereocenters. The molecule has 1 aromatic heterocycles. The molecule has 1 aliphatic heterocycles. The van der Waals surface area contributed by atoms with Gasteiger partial charge in [-0.2, -0.15) is 13.2 Å². The quantitative estimate of drug-likeness (QED) is 0.893. The van der Waals surface area contributed by atoms with Crippen LogP contribution in [-0.2, 0) is 6.18 Å². The first kappa shape index (κ1) is 12.2. The SMILES string of the molecule is O=C(O)c1sc(N2CCCC2)nc1C(F)(F)F. The van der Waals surface area contributed by atoms with Gasteiger partial charge in [-0.1, -0.05) is 11.3 Å². The number of nitrogens with zero attached hydrogens (tertiary/aromatic N) is 2. The van der Waals surface area contributed by atoms with Crippen molar-refractivity contribution < 1.29 is 23.1 Å². The lowest BCUT2D eigenvalue weighted by Gasteiger charge is -2.12. The van der Waals surface area contributed by atoms with E-state index in [1.807, 2.05) is 0 Å². The van der Waals surface area contributed by atoms with E-state index in [1.165, 1.54) is 0 Å². The number of anilines is 1. The molecule has 2 rings (SSSR count). The molecular weight excluding hydrogens is 257 g/mol. The summed E-state index contributed by atoms with van der Waals surface area (Å²) in [6.45, 7) is 1.26. The van der Waals surface area contributed by atoms with Gasteiger partial charge < -0.3 is 10.0 Å². The van der Waals surface area contributed by atoms with Crippen LogP contribution in [0.4, 0.5) is 18.3 Å². The fraction of sp³-hybridized carbons (Fsp3) is 0.556. The Kier molecular flexibility index (Phi) is 2.98. The van der Waals surface area contributed by atoms with Gasteiger partial charge >= 0.3 is 12.1 Å². The minimum Gasteiger partial charge on any atom is -0.477 e. The summed E-state index contributed by atoms with van der Waals surface area (Å²) in [5.41, 5.74) is -1.29. The molecule has 17 heavy (non-hydrogen) atoms. The second-order valence-corrected chi connectivity index (χ2v) is 4.65. The van der Waals surface area contributed by atoms with Gasteiger partial charge in [-0.25, -0.2) is 9.78 Å². The van der Waals surface area contributed by atoms with Crippen molar-refractivity contribution in [2.24, 2.45) is 0 Å². The molecule has 0 saturated carbocycles. The maximum Gasteiger partial charge on any atom is 0.435 e. The van der Waals surface area contributed by atoms with E-state index in [0.717, 1.165) is 12.8 Å². The van der Waals surface area contributed by atoms with E-state index >= 15 is 0 Å². The molecule has 1 saturated heterocycles. The molecule has 1 aliphatic rings. The van der Waals surface area contributed by atoms with E-state index in [0.29, 0.717) is 24.4 Å². The van der Waals surface area contributed by atoms with Crippen molar-refractivity contribution in [3.05, 3.63) is 10.6 Å². The Morgan fingerprint density at radius 2 is 1.94 bits per heavy atom. The summed E-state index contributed by atoms with van der Waals surface area (Å²) in [5.74, 6) is -1.58. The van der Waals surface area contributed by atoms with Gasteiger partial charge in [-0.15, -0.1) is 0 Å². The van der Waals surface area contributed by atoms with Crippen molar-refractivity contribution in [1.29, 1.82) is 0 Å². The summed E-state index contributed by atoms with van der Waals surface area (Å²) < 4.78 is 37.7. The standard InChI is InChI=1S/C9H9F3N2O2S/c10-9(11,12)6-5(7(15)16)17-8(13-6)14-3-1-2-4-14/h1-4H2,(H,15,16). The highest BCUT2D eigenvalue weighted by atomic mass is 32.1. The molecule has 4 nitrogen and oxygen atoms in total. The second kappa shape index (κ2) is 4.17. The van der Waals surface area contributed by atoms with Gasteiger partial charge in [0, 0.05) is 13.1 Å². The molecule has 2 heterocycles. The highest BCUT2D eigenvalue weighted by molar-refractivity contribution is 7.17. The molecule has 94 valence electrons. The minimum absolute atomic E-state index is 0.146. The highest BCUT2D eigenvalue weighted by Gasteiger charge is 2.40. The summed E-state index contributed by atoms with van der Waals surface area (Å²) in [4.78, 5) is 15.1. The van der Waals surface area contributed by atoms with Crippen molar-refractivity contribution in [3.63, 3.8) is 0 Å². The number of carbonyl (C=O) groups is 1. The molecule has 8 heteroatoms. The van der Waals surface area contributed by atoms with Crippen molar-refractivity contribution in [2.75, 3.05) is 18.0 Å². The van der Waals surface area contributed by atoms with Crippen LogP contribution < -0.4 is 4.90 Å². The van der Waals surface area contributed by atoms with E-state index < -0.39 is 22.7 Å². The van der Waals surface area contributed by atoms with Gasteiger partial charge in [-0.3, -0.25) is 0 Å². The van der Waals surface area contributed by atoms with Crippen LogP contribution in [-0.4, -0.2) is 29.1 Å². The number of hydrogen-bond donors (Lipinski definition) is 1. The first-order valence-electron chi connectivity index (χ1n) is 4.96. The van der Waals surface area contributed by atoms with E-state index in [2.05, 4.69) is 4.98 Å². The van der Waals surface area contributed by atoms with Gasteiger partial charge in [0.05, 0.1) is 0 Å². The Labute approximate surface area is 98.7 Å². The van der Waals surface area contributed by atoms with Crippen LogP contribution in [0.25, 0.3) is 0 Å². The Morgan fingerprint density at radius 3 is 2.35 bits per heavy atom. The van der Waals surface area contributed by atoms with Crippen molar-refractivity contribution >= 4 is 22.4 Å². The van der Waals surface area contributed by atoms with Gasteiger partial charge in [0.25, 0.3) is 0 Å². The Bertz CT molecular complexity index is 438. The summed E-state index contributed by atoms with van der Waals surface area (Å²) >= 11 is 0.587. The van der Waals surface area contributed by atoms with Crippen molar-refractivity contribution in [2.45, 2.75) is 19.0 Å². The van der Waals surface area contributed by atoms with E-state index in [-0.39, 0.29) is 5.13 Å². The lowest BCUT2D eigenvalue weighted by molar-refractivity contribution is -0.141. The number of carboxylic acids is 1. The van der Waals surface area contributed by atoms with Crippen LogP contribution >= 0.6 is 11.3 Å². The summed E-state index contributed by atoms with van der Waals surface area (Å²) in [6, 6.07) is 0. The van der Waals surface area contributed by atoms with Crippen LogP contribution in [0.1, 0.15) is 28.2 Å². The predicted molar refractivity (Wildman–Crippen MR) is 55.5 cm³/mol. The van der Waals surface area contributed by atoms with Crippen LogP contribution in [0.5, 0.6) is 0 Å². The van der Waals surface area contributed by atoms with E-state index in [9.17, 15) is 18.0 Å². The first-order chi connectivity index (χ1) is 7.89. The molecule has 0 amide bonds. The van der Waals surface area contributed by atoms with Gasteiger partial charge in [0.15, 0.2) is 10.8 Å². The summed E-state index contributed by atoms with van der Waals surface area (Å²) in [5, 5.41) is 8.88. The fourth-order valence-electron chi connectivity index (χ4n) is 1.69. The average molecular weight is 266 g/mol. The van der Waals surface area contributed by atoms with Gasteiger partial charge in [0.2, 0.25) is 0 Å². The monoisotopic (exact) mass is 266 g/mol. The number of carboxylic acid groups (broad SMARTS) is 1. The highest BCUT2D eigenvalue weighted by Crippen LogP contribution is 2.38. The second-order valence-electron chi connectivity index (χ2n) is 3.67. The van der Waals surface area contributed by atoms with Crippen molar-refractivity contribution in [3.8, 4) is 0 Å². The molecule has 1 aromatic rings. The number of rotatable bonds is 2. The fourth-order valence-corrected chi connectivity index (χ4v) is 2.67. The number of aromatic carboxylic acids is 1. The number of thiazole rings is 1. The lowest BCUT2D eigenvalue weighted by Crippen LogP contribution is -2.18. The molecule has 0 radical (unpaired) electrons. The smallest absolute Gasteiger partial charge is 0.435 e. The van der Waals surface area contributed by atoms with E-state index in [1.54, 1.807) is 4.90 Å². The minimum atomic E-state index is -4.72. The lowest BCUT2D eigenvalue weighted by atomic mass is 10.3. The molecule has 0 unspecified atom stereocenters. The first-order valence-corrected chi connectivity index (χ1v) is 5.77. The Balaban J connectivity index is 2.40. The van der Waals surface area contributed by atoms with Gasteiger partial charge in [0.1, 0.15) is 4.88 Å². The maximum absolute atomic E-state index is 12.6. The summed E-state index contributed by atoms with van der Waals surface area (Å²) in [7, 11) is 0. The maximum atomic E-state index is 12.6. The normalized spacial score (nSPS) is 16.5. The van der Waals surface area contributed by atoms with E-state index in [4.69, 9.17) is 5.11 Å². The average Bonchev–Trinajstić information content (AvgIpc) is 2.85. The van der Waals surface area contributed by atoms with Crippen LogP contribution in [0, 0.1) is 0 Å². The third kappa shape index (κ3) is 2.36. The topological polar surface area (TPSA) is 53.4 Å². The van der Waals surface area contributed by atoms with Crippen molar-refractivity contribution in [1.82, 2.24) is 4.98 Å². The number of hydrogen-bond acceptors (Lipinski definition) is 4. The molecule has 0 aromatic carbocycles. The summed E-state index contributed by atoms with van der Waals surface area (Å²) in [6.07, 6.45) is -2.94. The zero-order chi connectivity index (χ0) is 12.6. The third-order valence-corrected chi connectivity index (χ3v) is 3.56. The van der Waals surface area contributed by atoms with Crippen LogP contribution in [0.2, 0.25) is 0 Å². The zero-order valence-electron chi connectivity index (χ0n) is 8.62. The molecule has 0 aliphatic carbocycles. The molecule has 0 spiro atoms.